The summed E-state index contributed by atoms with van der Waals surface area (Å²) in [6.45, 7) is 7.33. The molecule has 0 heterocycles. The van der Waals surface area contributed by atoms with Crippen molar-refractivity contribution >= 4 is 10.4 Å². The van der Waals surface area contributed by atoms with Gasteiger partial charge in [0.1, 0.15) is 0 Å². The molecule has 0 aliphatic heterocycles. The lowest BCUT2D eigenvalue weighted by Crippen LogP contribution is -2.26. The molecule has 0 unspecified atom stereocenters. The van der Waals surface area contributed by atoms with Crippen LogP contribution in [0.1, 0.15) is 27.7 Å². The van der Waals surface area contributed by atoms with Gasteiger partial charge in [0.15, 0.2) is 0 Å². The first-order valence-corrected chi connectivity index (χ1v) is 4.83. The highest BCUT2D eigenvalue weighted by atomic mass is 32.3. The van der Waals surface area contributed by atoms with Gasteiger partial charge < -0.3 is 5.73 Å². The second-order valence-electron chi connectivity index (χ2n) is 3.20. The van der Waals surface area contributed by atoms with Gasteiger partial charge >= 0.3 is 10.4 Å². The van der Waals surface area contributed by atoms with Gasteiger partial charge in [-0.15, -0.1) is 0 Å². The van der Waals surface area contributed by atoms with Crippen molar-refractivity contribution in [3.8, 4) is 0 Å². The summed E-state index contributed by atoms with van der Waals surface area (Å²) in [4.78, 5) is 0. The zero-order valence-electron chi connectivity index (χ0n) is 7.86. The van der Waals surface area contributed by atoms with Crippen LogP contribution in [0, 0.1) is 0 Å². The molecule has 0 fully saturated rings. The van der Waals surface area contributed by atoms with Gasteiger partial charge in [0.2, 0.25) is 0 Å². The number of hydrogen-bond donors (Lipinski definition) is 2. The molecule has 0 spiro atoms. The molecule has 0 bridgehead atoms. The minimum Gasteiger partial charge on any atom is -0.326 e. The molecule has 76 valence electrons. The lowest BCUT2D eigenvalue weighted by molar-refractivity contribution is 0.283. The number of rotatable bonds is 2. The molecule has 0 radical (unpaired) electrons. The molecule has 12 heavy (non-hydrogen) atoms. The van der Waals surface area contributed by atoms with Gasteiger partial charge in [-0.25, -0.2) is 4.18 Å². The third-order valence-corrected chi connectivity index (χ3v) is 0.800. The molecule has 0 aromatic heterocycles. The van der Waals surface area contributed by atoms with Crippen LogP contribution in [0.15, 0.2) is 0 Å². The lowest BCUT2D eigenvalue weighted by Gasteiger charge is -2.06. The third-order valence-electron chi connectivity index (χ3n) is 0.267. The number of nitrogens with two attached hydrogens (primary N) is 1. The van der Waals surface area contributed by atoms with Gasteiger partial charge in [-0.2, -0.15) is 8.42 Å². The van der Waals surface area contributed by atoms with E-state index in [2.05, 4.69) is 4.18 Å². The van der Waals surface area contributed by atoms with Crippen molar-refractivity contribution < 1.29 is 17.2 Å². The predicted octanol–water partition coefficient (Wildman–Crippen LogP) is 0.569. The Balaban J connectivity index is 0. The average Bonchev–Trinajstić information content (AvgIpc) is 1.54. The normalized spacial score (nSPS) is 11.8. The van der Waals surface area contributed by atoms with E-state index in [1.54, 1.807) is 0 Å². The molecule has 0 saturated carbocycles. The van der Waals surface area contributed by atoms with Crippen molar-refractivity contribution in [2.45, 2.75) is 33.2 Å². The van der Waals surface area contributed by atoms with Gasteiger partial charge in [-0.1, -0.05) is 0 Å². The first kappa shape index (κ1) is 14.4. The summed E-state index contributed by atoms with van der Waals surface area (Å²) in [5.41, 5.74) is 5.35. The highest BCUT2D eigenvalue weighted by molar-refractivity contribution is 7.80. The maximum Gasteiger partial charge on any atom is 0.397 e. The Kier molecular flexibility index (Phi) is 6.55. The van der Waals surface area contributed by atoms with E-state index < -0.39 is 10.4 Å². The van der Waals surface area contributed by atoms with Gasteiger partial charge in [-0.3, -0.25) is 4.55 Å². The summed E-state index contributed by atoms with van der Waals surface area (Å²) < 4.78 is 30.7. The van der Waals surface area contributed by atoms with E-state index in [4.69, 9.17) is 10.3 Å². The van der Waals surface area contributed by atoms with Crippen LogP contribution >= 0.6 is 0 Å². The van der Waals surface area contributed by atoms with E-state index >= 15 is 0 Å². The SMILES string of the molecule is CC(C)(C)N.CCOS(=O)(=O)O. The van der Waals surface area contributed by atoms with Gasteiger partial charge in [0.05, 0.1) is 6.61 Å². The van der Waals surface area contributed by atoms with Crippen LogP contribution < -0.4 is 5.73 Å². The van der Waals surface area contributed by atoms with Crippen molar-refractivity contribution in [3.05, 3.63) is 0 Å². The van der Waals surface area contributed by atoms with Crippen molar-refractivity contribution in [2.24, 2.45) is 5.73 Å². The zero-order chi connectivity index (χ0) is 10.4. The second-order valence-corrected chi connectivity index (χ2v) is 4.29. The second kappa shape index (κ2) is 5.47. The highest BCUT2D eigenvalue weighted by Crippen LogP contribution is 1.88. The Bertz CT molecular complexity index is 186. The Hall–Kier alpha value is -0.170. The first-order chi connectivity index (χ1) is 5.06. The molecule has 0 aliphatic carbocycles. The minimum absolute atomic E-state index is 0. The largest absolute Gasteiger partial charge is 0.397 e. The summed E-state index contributed by atoms with van der Waals surface area (Å²) in [5.74, 6) is 0. The molecule has 0 saturated heterocycles. The molecule has 0 amide bonds. The monoisotopic (exact) mass is 199 g/mol. The first-order valence-electron chi connectivity index (χ1n) is 3.47. The maximum absolute atomic E-state index is 9.56. The quantitative estimate of drug-likeness (QED) is 0.634. The molecule has 0 aromatic carbocycles. The van der Waals surface area contributed by atoms with Crippen LogP contribution in [0.4, 0.5) is 0 Å². The number of hydrogen-bond acceptors (Lipinski definition) is 4. The Morgan fingerprint density at radius 2 is 1.67 bits per heavy atom. The van der Waals surface area contributed by atoms with Crippen molar-refractivity contribution in [3.63, 3.8) is 0 Å². The van der Waals surface area contributed by atoms with Crippen LogP contribution in [-0.4, -0.2) is 25.1 Å². The minimum atomic E-state index is -4.17. The lowest BCUT2D eigenvalue weighted by atomic mass is 10.1. The highest BCUT2D eigenvalue weighted by Gasteiger charge is 1.98. The Morgan fingerprint density at radius 1 is 1.42 bits per heavy atom. The van der Waals surface area contributed by atoms with Crippen LogP contribution in [0.25, 0.3) is 0 Å². The van der Waals surface area contributed by atoms with E-state index in [1.165, 1.54) is 6.92 Å². The molecule has 6 heteroatoms. The molecule has 0 rings (SSSR count). The molecular formula is C6H17NO4S. The van der Waals surface area contributed by atoms with E-state index in [1.807, 2.05) is 20.8 Å². The molecule has 0 aliphatic rings. The Labute approximate surface area is 73.9 Å². The summed E-state index contributed by atoms with van der Waals surface area (Å²) >= 11 is 0. The van der Waals surface area contributed by atoms with Crippen LogP contribution in [-0.2, 0) is 14.6 Å². The van der Waals surface area contributed by atoms with Crippen molar-refractivity contribution in [2.75, 3.05) is 6.61 Å². The fraction of sp³-hybridized carbons (Fsp3) is 1.00. The van der Waals surface area contributed by atoms with Gasteiger partial charge in [0, 0.05) is 5.54 Å². The van der Waals surface area contributed by atoms with Gasteiger partial charge in [0.25, 0.3) is 0 Å². The summed E-state index contributed by atoms with van der Waals surface area (Å²) in [7, 11) is -4.17. The van der Waals surface area contributed by atoms with Crippen molar-refractivity contribution in [1.29, 1.82) is 0 Å². The molecule has 0 aromatic rings. The zero-order valence-corrected chi connectivity index (χ0v) is 8.68. The summed E-state index contributed by atoms with van der Waals surface area (Å²) in [5, 5.41) is 0. The Morgan fingerprint density at radius 3 is 1.67 bits per heavy atom. The predicted molar refractivity (Wildman–Crippen MR) is 47.1 cm³/mol. The van der Waals surface area contributed by atoms with E-state index in [0.29, 0.717) is 0 Å². The maximum atomic E-state index is 9.56. The van der Waals surface area contributed by atoms with E-state index in [0.717, 1.165) is 0 Å². The van der Waals surface area contributed by atoms with E-state index in [9.17, 15) is 8.42 Å². The topological polar surface area (TPSA) is 89.6 Å². The fourth-order valence-corrected chi connectivity index (χ4v) is 0.447. The van der Waals surface area contributed by atoms with Crippen LogP contribution in [0.3, 0.4) is 0 Å². The molecular weight excluding hydrogens is 182 g/mol. The molecule has 3 N–H and O–H groups in total. The van der Waals surface area contributed by atoms with Crippen LogP contribution in [0.5, 0.6) is 0 Å². The van der Waals surface area contributed by atoms with Crippen molar-refractivity contribution in [1.82, 2.24) is 0 Å². The fourth-order valence-electron chi connectivity index (χ4n) is 0.149. The molecule has 5 nitrogen and oxygen atoms in total. The smallest absolute Gasteiger partial charge is 0.326 e. The summed E-state index contributed by atoms with van der Waals surface area (Å²) in [6.07, 6.45) is 0. The van der Waals surface area contributed by atoms with Gasteiger partial charge in [-0.05, 0) is 27.7 Å². The third kappa shape index (κ3) is 52.2. The average molecular weight is 199 g/mol. The standard InChI is InChI=1S/C4H11N.C2H6O4S/c1-4(2,3)5;1-2-6-7(3,4)5/h5H2,1-3H3;2H2,1H3,(H,3,4,5). The van der Waals surface area contributed by atoms with Crippen LogP contribution in [0.2, 0.25) is 0 Å². The van der Waals surface area contributed by atoms with E-state index in [-0.39, 0.29) is 12.1 Å². The summed E-state index contributed by atoms with van der Waals surface area (Å²) in [6, 6.07) is 0. The molecule has 0 atom stereocenters.